The van der Waals surface area contributed by atoms with Crippen LogP contribution in [0.3, 0.4) is 0 Å². The second-order valence-electron chi connectivity index (χ2n) is 5.34. The van der Waals surface area contributed by atoms with Gasteiger partial charge in [0.2, 0.25) is 5.91 Å². The highest BCUT2D eigenvalue weighted by Gasteiger charge is 2.18. The Morgan fingerprint density at radius 1 is 1.15 bits per heavy atom. The van der Waals surface area contributed by atoms with Crippen LogP contribution in [0.2, 0.25) is 5.02 Å². The molecule has 0 saturated carbocycles. The first kappa shape index (κ1) is 20.7. The molecule has 0 saturated heterocycles. The van der Waals surface area contributed by atoms with Gasteiger partial charge in [-0.1, -0.05) is 23.7 Å². The minimum absolute atomic E-state index is 0.0635. The maximum Gasteiger partial charge on any atom is 0.338 e. The Kier molecular flexibility index (Phi) is 8.35. The number of halogens is 1. The number of carbonyl (C=O) groups is 2. The Hall–Kier alpha value is -1.63. The first-order valence-corrected chi connectivity index (χ1v) is 10.3. The van der Waals surface area contributed by atoms with Crippen molar-refractivity contribution in [3.63, 3.8) is 0 Å². The molecule has 0 heterocycles. The predicted octanol–water partition coefficient (Wildman–Crippen LogP) is 4.52. The van der Waals surface area contributed by atoms with Crippen molar-refractivity contribution in [3.05, 3.63) is 59.1 Å². The summed E-state index contributed by atoms with van der Waals surface area (Å²) >= 11 is 8.86. The summed E-state index contributed by atoms with van der Waals surface area (Å²) in [5, 5.41) is 3.31. The lowest BCUT2D eigenvalue weighted by Gasteiger charge is -2.14. The Morgan fingerprint density at radius 2 is 1.85 bits per heavy atom. The van der Waals surface area contributed by atoms with E-state index in [1.165, 1.54) is 18.9 Å². The first-order chi connectivity index (χ1) is 12.5. The summed E-state index contributed by atoms with van der Waals surface area (Å²) in [7, 11) is 1.35. The summed E-state index contributed by atoms with van der Waals surface area (Å²) in [6.07, 6.45) is 0. The minimum atomic E-state index is -0.403. The van der Waals surface area contributed by atoms with E-state index in [4.69, 9.17) is 16.3 Å². The normalized spacial score (nSPS) is 11.7. The van der Waals surface area contributed by atoms with Crippen LogP contribution in [0.5, 0.6) is 0 Å². The average molecular weight is 410 g/mol. The molecule has 1 N–H and O–H groups in total. The van der Waals surface area contributed by atoms with Crippen LogP contribution >= 0.6 is 35.1 Å². The molecule has 2 aromatic carbocycles. The number of hydrogen-bond donors (Lipinski definition) is 1. The van der Waals surface area contributed by atoms with Crippen LogP contribution in [0.15, 0.2) is 58.3 Å². The van der Waals surface area contributed by atoms with Gasteiger partial charge in [-0.25, -0.2) is 4.79 Å². The minimum Gasteiger partial charge on any atom is -0.465 e. The van der Waals surface area contributed by atoms with E-state index in [0.29, 0.717) is 17.1 Å². The van der Waals surface area contributed by atoms with Gasteiger partial charge in [0.15, 0.2) is 0 Å². The summed E-state index contributed by atoms with van der Waals surface area (Å²) in [6.45, 7) is 2.38. The number of hydrogen-bond acceptors (Lipinski definition) is 5. The second-order valence-corrected chi connectivity index (χ2v) is 8.33. The van der Waals surface area contributed by atoms with Gasteiger partial charge in [-0.15, -0.1) is 23.5 Å². The van der Waals surface area contributed by atoms with E-state index in [2.05, 4.69) is 5.32 Å². The van der Waals surface area contributed by atoms with Gasteiger partial charge in [-0.3, -0.25) is 4.79 Å². The van der Waals surface area contributed by atoms with Crippen LogP contribution in [0.4, 0.5) is 0 Å². The molecule has 7 heteroatoms. The van der Waals surface area contributed by atoms with Crippen LogP contribution in [-0.4, -0.2) is 36.5 Å². The first-order valence-electron chi connectivity index (χ1n) is 8.01. The lowest BCUT2D eigenvalue weighted by Crippen LogP contribution is -2.32. The number of nitrogens with one attached hydrogen (secondary N) is 1. The molecule has 138 valence electrons. The number of rotatable bonds is 8. The topological polar surface area (TPSA) is 55.4 Å². The molecular weight excluding hydrogens is 390 g/mol. The van der Waals surface area contributed by atoms with E-state index in [1.54, 1.807) is 23.9 Å². The molecule has 0 aliphatic carbocycles. The van der Waals surface area contributed by atoms with E-state index < -0.39 is 5.97 Å². The van der Waals surface area contributed by atoms with Gasteiger partial charge in [0.25, 0.3) is 0 Å². The largest absolute Gasteiger partial charge is 0.465 e. The van der Waals surface area contributed by atoms with Crippen LogP contribution in [-0.2, 0) is 9.53 Å². The lowest BCUT2D eigenvalue weighted by molar-refractivity contribution is -0.120. The highest BCUT2D eigenvalue weighted by molar-refractivity contribution is 8.00. The predicted molar refractivity (Wildman–Crippen MR) is 108 cm³/mol. The molecule has 1 atom stereocenters. The number of carbonyl (C=O) groups excluding carboxylic acids is 2. The van der Waals surface area contributed by atoms with Crippen molar-refractivity contribution < 1.29 is 14.3 Å². The highest BCUT2D eigenvalue weighted by atomic mass is 35.5. The van der Waals surface area contributed by atoms with Crippen LogP contribution in [0.1, 0.15) is 17.3 Å². The van der Waals surface area contributed by atoms with Crippen molar-refractivity contribution in [2.75, 3.05) is 19.4 Å². The summed E-state index contributed by atoms with van der Waals surface area (Å²) in [4.78, 5) is 25.9. The molecule has 1 amide bonds. The number of ether oxygens (including phenoxy) is 1. The number of amides is 1. The van der Waals surface area contributed by atoms with Gasteiger partial charge in [0.05, 0.1) is 17.9 Å². The number of benzene rings is 2. The third-order valence-corrected chi connectivity index (χ3v) is 5.89. The number of esters is 1. The van der Waals surface area contributed by atoms with E-state index in [9.17, 15) is 9.59 Å². The summed E-state index contributed by atoms with van der Waals surface area (Å²) in [5.41, 5.74) is 0.470. The SMILES string of the molecule is COC(=O)c1ccccc1S[C@@H](C)C(=O)NCCSc1ccc(Cl)cc1. The van der Waals surface area contributed by atoms with Crippen molar-refractivity contribution in [1.82, 2.24) is 5.32 Å². The highest BCUT2D eigenvalue weighted by Crippen LogP contribution is 2.27. The van der Waals surface area contributed by atoms with Crippen molar-refractivity contribution in [3.8, 4) is 0 Å². The van der Waals surface area contributed by atoms with Gasteiger partial charge in [0, 0.05) is 27.1 Å². The molecule has 0 spiro atoms. The Balaban J connectivity index is 1.81. The molecule has 2 rings (SSSR count). The van der Waals surface area contributed by atoms with E-state index in [0.717, 1.165) is 15.5 Å². The molecule has 0 unspecified atom stereocenters. The van der Waals surface area contributed by atoms with E-state index in [1.807, 2.05) is 43.3 Å². The fourth-order valence-corrected chi connectivity index (χ4v) is 4.01. The fourth-order valence-electron chi connectivity index (χ4n) is 2.11. The number of thioether (sulfide) groups is 2. The standard InChI is InChI=1S/C19H20ClNO3S2/c1-13(26-17-6-4-3-5-16(17)19(23)24-2)18(22)21-11-12-25-15-9-7-14(20)8-10-15/h3-10,13H,11-12H2,1-2H3,(H,21,22)/t13-/m0/s1. The van der Waals surface area contributed by atoms with E-state index >= 15 is 0 Å². The lowest BCUT2D eigenvalue weighted by atomic mass is 10.2. The van der Waals surface area contributed by atoms with Gasteiger partial charge in [0.1, 0.15) is 0 Å². The molecule has 0 fully saturated rings. The Bertz CT molecular complexity index is 753. The fraction of sp³-hybridized carbons (Fsp3) is 0.263. The molecule has 0 aromatic heterocycles. The quantitative estimate of drug-likeness (QED) is 0.394. The van der Waals surface area contributed by atoms with Gasteiger partial charge in [-0.2, -0.15) is 0 Å². The molecule has 0 radical (unpaired) electrons. The number of methoxy groups -OCH3 is 1. The Morgan fingerprint density at radius 3 is 2.54 bits per heavy atom. The van der Waals surface area contributed by atoms with Crippen molar-refractivity contribution in [1.29, 1.82) is 0 Å². The summed E-state index contributed by atoms with van der Waals surface area (Å²) in [6, 6.07) is 14.7. The van der Waals surface area contributed by atoms with E-state index in [-0.39, 0.29) is 11.2 Å². The summed E-state index contributed by atoms with van der Waals surface area (Å²) in [5.74, 6) is 0.301. The van der Waals surface area contributed by atoms with Gasteiger partial charge in [-0.05, 0) is 43.3 Å². The monoisotopic (exact) mass is 409 g/mol. The zero-order valence-corrected chi connectivity index (χ0v) is 16.9. The zero-order valence-electron chi connectivity index (χ0n) is 14.5. The Labute approximate surface area is 167 Å². The molecule has 0 aliphatic rings. The van der Waals surface area contributed by atoms with Gasteiger partial charge < -0.3 is 10.1 Å². The molecular formula is C19H20ClNO3S2. The zero-order chi connectivity index (χ0) is 18.9. The average Bonchev–Trinajstić information content (AvgIpc) is 2.66. The summed E-state index contributed by atoms with van der Waals surface area (Å²) < 4.78 is 4.78. The molecule has 0 aliphatic heterocycles. The van der Waals surface area contributed by atoms with Crippen molar-refractivity contribution >= 4 is 47.0 Å². The third kappa shape index (κ3) is 6.27. The molecule has 26 heavy (non-hydrogen) atoms. The van der Waals surface area contributed by atoms with Crippen molar-refractivity contribution in [2.24, 2.45) is 0 Å². The van der Waals surface area contributed by atoms with Crippen molar-refractivity contribution in [2.45, 2.75) is 22.0 Å². The third-order valence-electron chi connectivity index (χ3n) is 3.45. The molecule has 2 aromatic rings. The van der Waals surface area contributed by atoms with Crippen LogP contribution in [0, 0.1) is 0 Å². The molecule has 4 nitrogen and oxygen atoms in total. The molecule has 0 bridgehead atoms. The smallest absolute Gasteiger partial charge is 0.338 e. The maximum absolute atomic E-state index is 12.3. The maximum atomic E-state index is 12.3. The van der Waals surface area contributed by atoms with Gasteiger partial charge >= 0.3 is 5.97 Å². The van der Waals surface area contributed by atoms with Crippen LogP contribution in [0.25, 0.3) is 0 Å². The van der Waals surface area contributed by atoms with Crippen LogP contribution < -0.4 is 5.32 Å². The second kappa shape index (κ2) is 10.5.